The molecular formula is C31H30Cl2N4O4. The number of rotatable bonds is 6. The molecule has 6 rings (SSSR count). The van der Waals surface area contributed by atoms with Gasteiger partial charge < -0.3 is 10.0 Å². The Kier molecular flexibility index (Phi) is 7.57. The van der Waals surface area contributed by atoms with Crippen LogP contribution in [0.2, 0.25) is 10.0 Å². The predicted octanol–water partition coefficient (Wildman–Crippen LogP) is 5.15. The monoisotopic (exact) mass is 592 g/mol. The number of likely N-dealkylation sites (tertiary alicyclic amines) is 1. The Hall–Kier alpha value is -3.33. The van der Waals surface area contributed by atoms with Gasteiger partial charge in [0, 0.05) is 47.6 Å². The van der Waals surface area contributed by atoms with Crippen LogP contribution in [-0.2, 0) is 24.2 Å². The van der Waals surface area contributed by atoms with E-state index in [9.17, 15) is 19.5 Å². The van der Waals surface area contributed by atoms with E-state index >= 15 is 0 Å². The SMILES string of the molecule is O=C(CCC(=O)N1CCC(O)(Cn2cnc3cc(Cl)ccc3c2=O)CC1)c1ccc2c(Cl)c3c(nc2c1)CCCC3. The molecule has 0 saturated carbocycles. The van der Waals surface area contributed by atoms with Crippen LogP contribution in [0.25, 0.3) is 21.8 Å². The topological polar surface area (TPSA) is 105 Å². The van der Waals surface area contributed by atoms with Gasteiger partial charge >= 0.3 is 0 Å². The van der Waals surface area contributed by atoms with Crippen molar-refractivity contribution in [2.45, 2.75) is 63.5 Å². The fraction of sp³-hybridized carbons (Fsp3) is 0.387. The van der Waals surface area contributed by atoms with E-state index in [0.29, 0.717) is 52.9 Å². The van der Waals surface area contributed by atoms with E-state index in [2.05, 4.69) is 4.98 Å². The van der Waals surface area contributed by atoms with Crippen LogP contribution >= 0.6 is 23.2 Å². The predicted molar refractivity (Wildman–Crippen MR) is 159 cm³/mol. The number of aromatic nitrogens is 3. The van der Waals surface area contributed by atoms with Crippen LogP contribution in [0.1, 0.15) is 60.1 Å². The largest absolute Gasteiger partial charge is 0.388 e. The first kappa shape index (κ1) is 27.8. The molecule has 41 heavy (non-hydrogen) atoms. The lowest BCUT2D eigenvalue weighted by atomic mass is 9.91. The van der Waals surface area contributed by atoms with Gasteiger partial charge in [-0.1, -0.05) is 35.3 Å². The van der Waals surface area contributed by atoms with Crippen molar-refractivity contribution < 1.29 is 14.7 Å². The Bertz CT molecular complexity index is 1740. The van der Waals surface area contributed by atoms with Crippen LogP contribution in [0.15, 0.2) is 47.5 Å². The molecule has 1 N–H and O–H groups in total. The van der Waals surface area contributed by atoms with Crippen molar-refractivity contribution in [3.05, 3.63) is 79.9 Å². The van der Waals surface area contributed by atoms with E-state index in [-0.39, 0.29) is 36.6 Å². The third-order valence-corrected chi connectivity index (χ3v) is 9.05. The molecular weight excluding hydrogens is 563 g/mol. The van der Waals surface area contributed by atoms with Crippen LogP contribution < -0.4 is 5.56 Å². The van der Waals surface area contributed by atoms with Gasteiger partial charge in [0.2, 0.25) is 5.91 Å². The second-order valence-corrected chi connectivity index (χ2v) is 12.0. The van der Waals surface area contributed by atoms with Crippen molar-refractivity contribution in [2.24, 2.45) is 0 Å². The number of fused-ring (bicyclic) bond motifs is 3. The van der Waals surface area contributed by atoms with Gasteiger partial charge in [0.1, 0.15) is 0 Å². The summed E-state index contributed by atoms with van der Waals surface area (Å²) in [5.41, 5.74) is 2.49. The Balaban J connectivity index is 1.06. The number of aryl methyl sites for hydroxylation is 1. The molecule has 1 amide bonds. The normalized spacial score (nSPS) is 16.6. The second kappa shape index (κ2) is 11.2. The minimum Gasteiger partial charge on any atom is -0.388 e. The van der Waals surface area contributed by atoms with Gasteiger partial charge in [0.15, 0.2) is 5.78 Å². The molecule has 1 aliphatic heterocycles. The minimum absolute atomic E-state index is 0.0845. The fourth-order valence-electron chi connectivity index (χ4n) is 5.95. The summed E-state index contributed by atoms with van der Waals surface area (Å²) in [6.07, 6.45) is 6.27. The average molecular weight is 594 g/mol. The van der Waals surface area contributed by atoms with E-state index < -0.39 is 5.60 Å². The van der Waals surface area contributed by atoms with Gasteiger partial charge in [0.25, 0.3) is 5.56 Å². The van der Waals surface area contributed by atoms with Gasteiger partial charge in [-0.15, -0.1) is 0 Å². The first-order valence-corrected chi connectivity index (χ1v) is 14.8. The number of Topliss-reactive ketones (excluding diaryl/α,β-unsaturated/α-hetero) is 1. The molecule has 1 fully saturated rings. The molecule has 1 aliphatic carbocycles. The number of ketones is 1. The van der Waals surface area contributed by atoms with Crippen LogP contribution in [-0.4, -0.2) is 54.9 Å². The number of carbonyl (C=O) groups excluding carboxylic acids is 2. The van der Waals surface area contributed by atoms with Crippen molar-refractivity contribution in [3.8, 4) is 0 Å². The number of benzene rings is 2. The van der Waals surface area contributed by atoms with Crippen molar-refractivity contribution in [3.63, 3.8) is 0 Å². The number of piperidine rings is 1. The standard InChI is InChI=1S/C31H30Cl2N4O4/c32-20-6-8-23-25(16-20)34-18-37(30(23)40)17-31(41)11-13-36(14-12-31)28(39)10-9-27(38)19-5-7-22-26(15-19)35-24-4-2-1-3-21(24)29(22)33/h5-8,15-16,18,41H,1-4,9-14,17H2. The summed E-state index contributed by atoms with van der Waals surface area (Å²) >= 11 is 12.7. The first-order valence-electron chi connectivity index (χ1n) is 14.0. The molecule has 0 radical (unpaired) electrons. The number of hydrogen-bond donors (Lipinski definition) is 1. The summed E-state index contributed by atoms with van der Waals surface area (Å²) in [6.45, 7) is 0.776. The molecule has 0 atom stereocenters. The van der Waals surface area contributed by atoms with Crippen LogP contribution in [0.5, 0.6) is 0 Å². The molecule has 1 saturated heterocycles. The van der Waals surface area contributed by atoms with Gasteiger partial charge in [-0.3, -0.25) is 23.9 Å². The van der Waals surface area contributed by atoms with E-state index in [1.807, 2.05) is 6.07 Å². The number of aliphatic hydroxyl groups is 1. The van der Waals surface area contributed by atoms with E-state index in [1.165, 1.54) is 10.9 Å². The zero-order chi connectivity index (χ0) is 28.7. The van der Waals surface area contributed by atoms with E-state index in [4.69, 9.17) is 28.2 Å². The fourth-order valence-corrected chi connectivity index (χ4v) is 6.48. The number of amides is 1. The number of nitrogens with zero attached hydrogens (tertiary/aromatic N) is 4. The maximum absolute atomic E-state index is 13.0. The maximum atomic E-state index is 13.0. The first-order chi connectivity index (χ1) is 19.7. The zero-order valence-corrected chi connectivity index (χ0v) is 24.0. The molecule has 212 valence electrons. The van der Waals surface area contributed by atoms with Crippen molar-refractivity contribution in [1.29, 1.82) is 0 Å². The van der Waals surface area contributed by atoms with Crippen LogP contribution in [0.4, 0.5) is 0 Å². The minimum atomic E-state index is -1.14. The van der Waals surface area contributed by atoms with Crippen molar-refractivity contribution in [2.75, 3.05) is 13.1 Å². The highest BCUT2D eigenvalue weighted by Crippen LogP contribution is 2.33. The second-order valence-electron chi connectivity index (χ2n) is 11.2. The summed E-state index contributed by atoms with van der Waals surface area (Å²) in [5.74, 6) is -0.244. The molecule has 3 heterocycles. The Morgan fingerprint density at radius 3 is 2.51 bits per heavy atom. The van der Waals surface area contributed by atoms with Gasteiger partial charge in [0.05, 0.1) is 39.9 Å². The highest BCUT2D eigenvalue weighted by atomic mass is 35.5. The summed E-state index contributed by atoms with van der Waals surface area (Å²) in [7, 11) is 0. The molecule has 2 aliphatic rings. The van der Waals surface area contributed by atoms with Gasteiger partial charge in [-0.25, -0.2) is 4.98 Å². The molecule has 2 aromatic carbocycles. The quantitative estimate of drug-likeness (QED) is 0.310. The smallest absolute Gasteiger partial charge is 0.261 e. The molecule has 0 spiro atoms. The van der Waals surface area contributed by atoms with Crippen molar-refractivity contribution >= 4 is 56.7 Å². The number of halogens is 2. The highest BCUT2D eigenvalue weighted by molar-refractivity contribution is 6.36. The molecule has 0 bridgehead atoms. The average Bonchev–Trinajstić information content (AvgIpc) is 2.97. The molecule has 8 nitrogen and oxygen atoms in total. The Morgan fingerprint density at radius 2 is 1.71 bits per heavy atom. The summed E-state index contributed by atoms with van der Waals surface area (Å²) < 4.78 is 1.41. The summed E-state index contributed by atoms with van der Waals surface area (Å²) in [4.78, 5) is 49.6. The molecule has 0 unspecified atom stereocenters. The molecule has 10 heteroatoms. The number of pyridine rings is 1. The van der Waals surface area contributed by atoms with Gasteiger partial charge in [-0.2, -0.15) is 0 Å². The third-order valence-electron chi connectivity index (χ3n) is 8.38. The lowest BCUT2D eigenvalue weighted by molar-refractivity contribution is -0.135. The Labute approximate surface area is 246 Å². The number of carbonyl (C=O) groups is 2. The summed E-state index contributed by atoms with van der Waals surface area (Å²) in [6, 6.07) is 10.3. The van der Waals surface area contributed by atoms with Crippen LogP contribution in [0, 0.1) is 0 Å². The third kappa shape index (κ3) is 5.61. The van der Waals surface area contributed by atoms with Crippen molar-refractivity contribution in [1.82, 2.24) is 19.4 Å². The lowest BCUT2D eigenvalue weighted by Gasteiger charge is -2.38. The molecule has 2 aromatic heterocycles. The number of hydrogen-bond acceptors (Lipinski definition) is 6. The highest BCUT2D eigenvalue weighted by Gasteiger charge is 2.34. The van der Waals surface area contributed by atoms with E-state index in [1.54, 1.807) is 35.2 Å². The van der Waals surface area contributed by atoms with Crippen LogP contribution in [0.3, 0.4) is 0 Å². The molecule has 4 aromatic rings. The van der Waals surface area contributed by atoms with E-state index in [0.717, 1.165) is 47.3 Å². The summed E-state index contributed by atoms with van der Waals surface area (Å²) in [5, 5.41) is 13.7. The van der Waals surface area contributed by atoms with Gasteiger partial charge in [-0.05, 0) is 68.4 Å². The maximum Gasteiger partial charge on any atom is 0.261 e. The Morgan fingerprint density at radius 1 is 0.951 bits per heavy atom. The lowest BCUT2D eigenvalue weighted by Crippen LogP contribution is -2.49. The zero-order valence-electron chi connectivity index (χ0n) is 22.5.